The topological polar surface area (TPSA) is 58.6 Å². The van der Waals surface area contributed by atoms with Gasteiger partial charge in [0.1, 0.15) is 5.82 Å². The van der Waals surface area contributed by atoms with E-state index in [0.717, 1.165) is 11.1 Å². The summed E-state index contributed by atoms with van der Waals surface area (Å²) >= 11 is 5.94. The van der Waals surface area contributed by atoms with Gasteiger partial charge in [-0.05, 0) is 48.7 Å². The van der Waals surface area contributed by atoms with Crippen LogP contribution in [0.25, 0.3) is 0 Å². The summed E-state index contributed by atoms with van der Waals surface area (Å²) in [6.07, 6.45) is 0.130. The second-order valence-electron chi connectivity index (χ2n) is 5.72. The lowest BCUT2D eigenvalue weighted by molar-refractivity contribution is -0.132. The van der Waals surface area contributed by atoms with Crippen molar-refractivity contribution in [2.45, 2.75) is 31.8 Å². The van der Waals surface area contributed by atoms with Crippen LogP contribution in [0.2, 0.25) is 5.02 Å². The monoisotopic (exact) mass is 365 g/mol. The van der Waals surface area contributed by atoms with Crippen molar-refractivity contribution < 1.29 is 19.1 Å². The highest BCUT2D eigenvalue weighted by Gasteiger charge is 2.26. The van der Waals surface area contributed by atoms with Crippen molar-refractivity contribution in [3.8, 4) is 0 Å². The van der Waals surface area contributed by atoms with Crippen molar-refractivity contribution in [2.75, 3.05) is 6.61 Å². The van der Waals surface area contributed by atoms with E-state index in [1.54, 1.807) is 29.7 Å². The number of hydrogen-bond acceptors (Lipinski definition) is 3. The molecular weight excluding hydrogens is 345 g/mol. The Morgan fingerprint density at radius 3 is 2.40 bits per heavy atom. The fourth-order valence-electron chi connectivity index (χ4n) is 2.81. The van der Waals surface area contributed by atoms with Crippen molar-refractivity contribution in [2.24, 2.45) is 0 Å². The number of rotatable bonds is 8. The number of nitrogens with one attached hydrogen (secondary N) is 1. The number of hydroxylamine groups is 1. The molecule has 2 rings (SSSR count). The zero-order chi connectivity index (χ0) is 18.2. The first-order valence-corrected chi connectivity index (χ1v) is 8.45. The molecule has 0 radical (unpaired) electrons. The molecule has 25 heavy (non-hydrogen) atoms. The van der Waals surface area contributed by atoms with Crippen molar-refractivity contribution in [3.05, 3.63) is 70.5 Å². The Hall–Kier alpha value is -1.95. The Morgan fingerprint density at radius 1 is 1.20 bits per heavy atom. The molecule has 6 heteroatoms. The number of carbonyl (C=O) groups excluding carboxylic acids is 1. The second kappa shape index (κ2) is 9.51. The maximum absolute atomic E-state index is 13.3. The molecule has 2 N–H and O–H groups in total. The van der Waals surface area contributed by atoms with Gasteiger partial charge in [-0.25, -0.2) is 9.87 Å². The zero-order valence-electron chi connectivity index (χ0n) is 13.9. The van der Waals surface area contributed by atoms with E-state index in [4.69, 9.17) is 21.5 Å². The van der Waals surface area contributed by atoms with Gasteiger partial charge < -0.3 is 4.74 Å². The summed E-state index contributed by atoms with van der Waals surface area (Å²) in [4.78, 5) is 11.7. The number of ether oxygens (including phenoxy) is 1. The zero-order valence-corrected chi connectivity index (χ0v) is 14.7. The molecule has 134 valence electrons. The fourth-order valence-corrected chi connectivity index (χ4v) is 2.93. The van der Waals surface area contributed by atoms with E-state index in [1.807, 2.05) is 19.1 Å². The van der Waals surface area contributed by atoms with Crippen molar-refractivity contribution in [1.29, 1.82) is 0 Å². The van der Waals surface area contributed by atoms with E-state index in [0.29, 0.717) is 18.1 Å². The highest BCUT2D eigenvalue weighted by molar-refractivity contribution is 6.30. The van der Waals surface area contributed by atoms with Gasteiger partial charge in [-0.1, -0.05) is 35.9 Å². The van der Waals surface area contributed by atoms with Crippen LogP contribution in [0.5, 0.6) is 0 Å². The molecule has 4 nitrogen and oxygen atoms in total. The van der Waals surface area contributed by atoms with Gasteiger partial charge >= 0.3 is 0 Å². The highest BCUT2D eigenvalue weighted by atomic mass is 35.5. The fraction of sp³-hybridized carbons (Fsp3) is 0.316. The molecule has 0 aromatic heterocycles. The Kier molecular flexibility index (Phi) is 7.37. The first-order chi connectivity index (χ1) is 12.0. The van der Waals surface area contributed by atoms with Crippen LogP contribution >= 0.6 is 11.6 Å². The van der Waals surface area contributed by atoms with E-state index in [2.05, 4.69) is 0 Å². The highest BCUT2D eigenvalue weighted by Crippen LogP contribution is 2.29. The van der Waals surface area contributed by atoms with Crippen molar-refractivity contribution in [3.63, 3.8) is 0 Å². The molecular formula is C19H21ClFNO3. The molecule has 0 fully saturated rings. The summed E-state index contributed by atoms with van der Waals surface area (Å²) in [6, 6.07) is 13.6. The van der Waals surface area contributed by atoms with Crippen molar-refractivity contribution >= 4 is 17.5 Å². The number of halogens is 2. The van der Waals surface area contributed by atoms with E-state index in [1.165, 1.54) is 12.1 Å². The standard InChI is InChI=1S/C19H21ClFNO3/c1-2-25-18(12-19(23)22-24)17(14-5-9-16(21)10-6-14)11-13-3-7-15(20)8-4-13/h3-10,17-18,24H,2,11-12H2,1H3,(H,22,23)/t17-,18-/m1/s1. The molecule has 2 aromatic carbocycles. The van der Waals surface area contributed by atoms with Crippen LogP contribution in [0.1, 0.15) is 30.4 Å². The van der Waals surface area contributed by atoms with Crippen LogP contribution in [-0.2, 0) is 16.0 Å². The van der Waals surface area contributed by atoms with E-state index < -0.39 is 12.0 Å². The minimum Gasteiger partial charge on any atom is -0.377 e. The van der Waals surface area contributed by atoms with Crippen LogP contribution in [-0.4, -0.2) is 23.8 Å². The predicted octanol–water partition coefficient (Wildman–Crippen LogP) is 4.11. The van der Waals surface area contributed by atoms with Crippen LogP contribution in [0.3, 0.4) is 0 Å². The number of carbonyl (C=O) groups is 1. The van der Waals surface area contributed by atoms with Gasteiger partial charge in [0.15, 0.2) is 0 Å². The lowest BCUT2D eigenvalue weighted by atomic mass is 9.85. The largest absolute Gasteiger partial charge is 0.377 e. The minimum atomic E-state index is -0.526. The molecule has 0 unspecified atom stereocenters. The first-order valence-electron chi connectivity index (χ1n) is 8.08. The molecule has 0 saturated heterocycles. The van der Waals surface area contributed by atoms with Gasteiger partial charge in [0.2, 0.25) is 5.91 Å². The molecule has 1 amide bonds. The lowest BCUT2D eigenvalue weighted by Gasteiger charge is -2.27. The van der Waals surface area contributed by atoms with Gasteiger partial charge in [0.25, 0.3) is 0 Å². The quantitative estimate of drug-likeness (QED) is 0.547. The second-order valence-corrected chi connectivity index (χ2v) is 6.16. The average Bonchev–Trinajstić information content (AvgIpc) is 2.61. The van der Waals surface area contributed by atoms with Gasteiger partial charge in [-0.15, -0.1) is 0 Å². The normalized spacial score (nSPS) is 13.3. The summed E-state index contributed by atoms with van der Waals surface area (Å²) in [7, 11) is 0. The molecule has 2 aromatic rings. The molecule has 0 spiro atoms. The number of amides is 1. The molecule has 0 aliphatic rings. The summed E-state index contributed by atoms with van der Waals surface area (Å²) in [5.41, 5.74) is 3.53. The summed E-state index contributed by atoms with van der Waals surface area (Å²) in [5, 5.41) is 9.48. The van der Waals surface area contributed by atoms with Gasteiger partial charge in [0, 0.05) is 17.5 Å². The smallest absolute Gasteiger partial charge is 0.245 e. The summed E-state index contributed by atoms with van der Waals surface area (Å²) < 4.78 is 19.1. The van der Waals surface area contributed by atoms with E-state index >= 15 is 0 Å². The SMILES string of the molecule is CCO[C@H](CC(=O)NO)[C@H](Cc1ccc(Cl)cc1)c1ccc(F)cc1. The Bertz CT molecular complexity index is 676. The molecule has 0 heterocycles. The Balaban J connectivity index is 2.32. The van der Waals surface area contributed by atoms with Crippen LogP contribution in [0, 0.1) is 5.82 Å². The van der Waals surface area contributed by atoms with E-state index in [9.17, 15) is 9.18 Å². The molecule has 0 aliphatic heterocycles. The molecule has 0 bridgehead atoms. The third-order valence-corrected chi connectivity index (χ3v) is 4.26. The first kappa shape index (κ1) is 19.4. The molecule has 0 aliphatic carbocycles. The third kappa shape index (κ3) is 5.81. The van der Waals surface area contributed by atoms with Crippen LogP contribution in [0.15, 0.2) is 48.5 Å². The summed E-state index contributed by atoms with van der Waals surface area (Å²) in [6.45, 7) is 2.26. The van der Waals surface area contributed by atoms with Gasteiger partial charge in [-0.2, -0.15) is 0 Å². The van der Waals surface area contributed by atoms with Gasteiger partial charge in [0.05, 0.1) is 12.5 Å². The molecule has 2 atom stereocenters. The minimum absolute atomic E-state index is 0.0000269. The van der Waals surface area contributed by atoms with Crippen molar-refractivity contribution in [1.82, 2.24) is 5.48 Å². The molecule has 0 saturated carbocycles. The average molecular weight is 366 g/mol. The maximum atomic E-state index is 13.3. The van der Waals surface area contributed by atoms with Crippen LogP contribution in [0.4, 0.5) is 4.39 Å². The maximum Gasteiger partial charge on any atom is 0.245 e. The van der Waals surface area contributed by atoms with Gasteiger partial charge in [-0.3, -0.25) is 10.0 Å². The predicted molar refractivity (Wildman–Crippen MR) is 94.3 cm³/mol. The van der Waals surface area contributed by atoms with E-state index in [-0.39, 0.29) is 18.2 Å². The number of benzene rings is 2. The van der Waals surface area contributed by atoms with Crippen LogP contribution < -0.4 is 5.48 Å². The third-order valence-electron chi connectivity index (χ3n) is 4.01. The Morgan fingerprint density at radius 2 is 1.84 bits per heavy atom. The Labute approximate surface area is 151 Å². The number of hydrogen-bond donors (Lipinski definition) is 2. The lowest BCUT2D eigenvalue weighted by Crippen LogP contribution is -2.31. The summed E-state index contributed by atoms with van der Waals surface area (Å²) in [5.74, 6) is -1.03.